The summed E-state index contributed by atoms with van der Waals surface area (Å²) in [6.45, 7) is 0. The lowest BCUT2D eigenvalue weighted by atomic mass is 10.2. The van der Waals surface area contributed by atoms with Gasteiger partial charge in [0, 0.05) is 11.9 Å². The van der Waals surface area contributed by atoms with Gasteiger partial charge < -0.3 is 0 Å². The SMILES string of the molecule is Cn1c(Sc2ncc([N+](=O)[O-])cn2)nc2sc3c(c2c1=O)CCC3. The molecule has 3 heterocycles. The summed E-state index contributed by atoms with van der Waals surface area (Å²) in [7, 11) is 1.67. The number of nitrogens with zero attached hydrogens (tertiary/aromatic N) is 5. The maximum Gasteiger partial charge on any atom is 0.305 e. The Morgan fingerprint density at radius 1 is 1.33 bits per heavy atom. The Balaban J connectivity index is 1.76. The van der Waals surface area contributed by atoms with E-state index in [0.29, 0.717) is 10.3 Å². The van der Waals surface area contributed by atoms with Crippen molar-refractivity contribution in [1.29, 1.82) is 0 Å². The summed E-state index contributed by atoms with van der Waals surface area (Å²) in [5.74, 6) is 0. The third kappa shape index (κ3) is 2.38. The van der Waals surface area contributed by atoms with Crippen molar-refractivity contribution in [2.45, 2.75) is 29.6 Å². The van der Waals surface area contributed by atoms with Crippen molar-refractivity contribution in [3.63, 3.8) is 0 Å². The lowest BCUT2D eigenvalue weighted by Gasteiger charge is -2.06. The Morgan fingerprint density at radius 3 is 2.79 bits per heavy atom. The topological polar surface area (TPSA) is 104 Å². The first-order chi connectivity index (χ1) is 11.5. The maximum absolute atomic E-state index is 12.7. The minimum absolute atomic E-state index is 0.0659. The van der Waals surface area contributed by atoms with Gasteiger partial charge in [0.25, 0.3) is 5.56 Å². The van der Waals surface area contributed by atoms with Gasteiger partial charge in [-0.1, -0.05) is 0 Å². The number of aryl methyl sites for hydroxylation is 2. The number of fused-ring (bicyclic) bond motifs is 3. The average Bonchev–Trinajstić information content (AvgIpc) is 3.13. The van der Waals surface area contributed by atoms with Crippen LogP contribution in [0.1, 0.15) is 16.9 Å². The van der Waals surface area contributed by atoms with Crippen molar-refractivity contribution < 1.29 is 4.92 Å². The molecule has 0 aliphatic heterocycles. The molecule has 8 nitrogen and oxygen atoms in total. The fraction of sp³-hybridized carbons (Fsp3) is 0.286. The summed E-state index contributed by atoms with van der Waals surface area (Å²) in [5.41, 5.74) is 0.904. The van der Waals surface area contributed by atoms with Crippen LogP contribution in [0, 0.1) is 10.1 Å². The van der Waals surface area contributed by atoms with Gasteiger partial charge in [0.05, 0.1) is 10.3 Å². The van der Waals surface area contributed by atoms with Gasteiger partial charge >= 0.3 is 5.69 Å². The standard InChI is InChI=1S/C14H11N5O3S2/c1-18-12(20)10-8-3-2-4-9(8)23-11(10)17-14(18)24-13-15-5-7(6-16-13)19(21)22/h5-6H,2-4H2,1H3. The van der Waals surface area contributed by atoms with Crippen LogP contribution in [0.5, 0.6) is 0 Å². The van der Waals surface area contributed by atoms with Gasteiger partial charge in [-0.2, -0.15) is 0 Å². The fourth-order valence-corrected chi connectivity index (χ4v) is 4.78. The van der Waals surface area contributed by atoms with Gasteiger partial charge in [0.15, 0.2) is 10.3 Å². The van der Waals surface area contributed by atoms with Crippen LogP contribution in [0.4, 0.5) is 5.69 Å². The summed E-state index contributed by atoms with van der Waals surface area (Å²) in [5, 5.41) is 12.2. The molecule has 3 aromatic rings. The molecule has 0 unspecified atom stereocenters. The Bertz CT molecular complexity index is 1030. The van der Waals surface area contributed by atoms with Gasteiger partial charge in [-0.05, 0) is 36.6 Å². The minimum Gasteiger partial charge on any atom is -0.290 e. The van der Waals surface area contributed by atoms with E-state index in [4.69, 9.17) is 0 Å². The van der Waals surface area contributed by atoms with E-state index in [1.807, 2.05) is 0 Å². The summed E-state index contributed by atoms with van der Waals surface area (Å²) in [4.78, 5) is 37.3. The molecule has 0 N–H and O–H groups in total. The van der Waals surface area contributed by atoms with Crippen molar-refractivity contribution in [3.05, 3.63) is 43.3 Å². The zero-order valence-electron chi connectivity index (χ0n) is 12.6. The Morgan fingerprint density at radius 2 is 2.08 bits per heavy atom. The van der Waals surface area contributed by atoms with Crippen molar-refractivity contribution in [3.8, 4) is 0 Å². The molecule has 10 heteroatoms. The highest BCUT2D eigenvalue weighted by Gasteiger charge is 2.23. The smallest absolute Gasteiger partial charge is 0.290 e. The molecular weight excluding hydrogens is 350 g/mol. The number of aromatic nitrogens is 4. The van der Waals surface area contributed by atoms with Gasteiger partial charge in [-0.15, -0.1) is 11.3 Å². The number of hydrogen-bond donors (Lipinski definition) is 0. The Labute approximate surface area is 143 Å². The lowest BCUT2D eigenvalue weighted by Crippen LogP contribution is -2.20. The summed E-state index contributed by atoms with van der Waals surface area (Å²) < 4.78 is 1.49. The molecule has 0 spiro atoms. The Hall–Kier alpha value is -2.33. The van der Waals surface area contributed by atoms with E-state index < -0.39 is 4.92 Å². The lowest BCUT2D eigenvalue weighted by molar-refractivity contribution is -0.385. The maximum atomic E-state index is 12.7. The van der Waals surface area contributed by atoms with E-state index in [1.54, 1.807) is 18.4 Å². The third-order valence-corrected chi connectivity index (χ3v) is 6.04. The van der Waals surface area contributed by atoms with Crippen molar-refractivity contribution in [1.82, 2.24) is 19.5 Å². The molecule has 0 radical (unpaired) electrons. The van der Waals surface area contributed by atoms with E-state index in [0.717, 1.165) is 59.2 Å². The predicted molar refractivity (Wildman–Crippen MR) is 89.7 cm³/mol. The van der Waals surface area contributed by atoms with Crippen LogP contribution in [-0.4, -0.2) is 24.4 Å². The highest BCUT2D eigenvalue weighted by atomic mass is 32.2. The summed E-state index contributed by atoms with van der Waals surface area (Å²) >= 11 is 2.69. The van der Waals surface area contributed by atoms with Crippen LogP contribution >= 0.6 is 23.1 Å². The molecule has 0 bridgehead atoms. The van der Waals surface area contributed by atoms with Crippen LogP contribution in [0.15, 0.2) is 27.5 Å². The first kappa shape index (κ1) is 15.2. The molecule has 0 saturated heterocycles. The molecule has 0 fully saturated rings. The molecular formula is C14H11N5O3S2. The molecule has 3 aromatic heterocycles. The summed E-state index contributed by atoms with van der Waals surface area (Å²) in [6, 6.07) is 0. The summed E-state index contributed by atoms with van der Waals surface area (Å²) in [6.07, 6.45) is 5.32. The number of rotatable bonds is 3. The normalized spacial score (nSPS) is 13.4. The monoisotopic (exact) mass is 361 g/mol. The van der Waals surface area contributed by atoms with Crippen molar-refractivity contribution in [2.24, 2.45) is 7.05 Å². The van der Waals surface area contributed by atoms with Gasteiger partial charge in [0.1, 0.15) is 17.2 Å². The largest absolute Gasteiger partial charge is 0.305 e. The van der Waals surface area contributed by atoms with Crippen LogP contribution < -0.4 is 5.56 Å². The van der Waals surface area contributed by atoms with E-state index >= 15 is 0 Å². The van der Waals surface area contributed by atoms with Gasteiger partial charge in [-0.25, -0.2) is 15.0 Å². The molecule has 0 amide bonds. The van der Waals surface area contributed by atoms with E-state index in [-0.39, 0.29) is 11.2 Å². The highest BCUT2D eigenvalue weighted by molar-refractivity contribution is 7.99. The minimum atomic E-state index is -0.554. The Kier molecular flexibility index (Phi) is 3.57. The second kappa shape index (κ2) is 5.64. The molecule has 24 heavy (non-hydrogen) atoms. The van der Waals surface area contributed by atoms with Crippen LogP contribution in [0.2, 0.25) is 0 Å². The van der Waals surface area contributed by atoms with Crippen LogP contribution in [0.25, 0.3) is 10.2 Å². The van der Waals surface area contributed by atoms with Crippen molar-refractivity contribution in [2.75, 3.05) is 0 Å². The zero-order chi connectivity index (χ0) is 16.8. The molecule has 1 aliphatic rings. The number of thiophene rings is 1. The quantitative estimate of drug-likeness (QED) is 0.400. The second-order valence-corrected chi connectivity index (χ2v) is 7.40. The van der Waals surface area contributed by atoms with Gasteiger partial charge in [-0.3, -0.25) is 19.5 Å². The van der Waals surface area contributed by atoms with E-state index in [2.05, 4.69) is 15.0 Å². The number of nitro groups is 1. The molecule has 0 saturated carbocycles. The molecule has 4 rings (SSSR count). The first-order valence-electron chi connectivity index (χ1n) is 7.20. The van der Waals surface area contributed by atoms with Gasteiger partial charge in [0.2, 0.25) is 0 Å². The van der Waals surface area contributed by atoms with Crippen LogP contribution in [-0.2, 0) is 19.9 Å². The third-order valence-electron chi connectivity index (χ3n) is 3.91. The average molecular weight is 361 g/mol. The second-order valence-electron chi connectivity index (χ2n) is 5.38. The molecule has 122 valence electrons. The first-order valence-corrected chi connectivity index (χ1v) is 8.83. The fourth-order valence-electron chi connectivity index (χ4n) is 2.73. The van der Waals surface area contributed by atoms with Crippen LogP contribution in [0.3, 0.4) is 0 Å². The van der Waals surface area contributed by atoms with E-state index in [9.17, 15) is 14.9 Å². The number of hydrogen-bond acceptors (Lipinski definition) is 8. The molecule has 1 aliphatic carbocycles. The van der Waals surface area contributed by atoms with E-state index in [1.165, 1.54) is 9.44 Å². The molecule has 0 aromatic carbocycles. The molecule has 0 atom stereocenters. The zero-order valence-corrected chi connectivity index (χ0v) is 14.2. The highest BCUT2D eigenvalue weighted by Crippen LogP contribution is 2.35. The van der Waals surface area contributed by atoms with Crippen molar-refractivity contribution >= 4 is 39.0 Å². The predicted octanol–water partition coefficient (Wildman–Crippen LogP) is 2.33.